The number of carbonyl (C=O) groups excluding carboxylic acids is 1. The first-order valence-corrected chi connectivity index (χ1v) is 3.10. The predicted molar refractivity (Wildman–Crippen MR) is 36.0 cm³/mol. The molecule has 11 heavy (non-hydrogen) atoms. The van der Waals surface area contributed by atoms with E-state index in [4.69, 9.17) is 5.73 Å². The van der Waals surface area contributed by atoms with Crippen LogP contribution in [0.2, 0.25) is 0 Å². The highest BCUT2D eigenvalue weighted by atomic mass is 32.1. The van der Waals surface area contributed by atoms with Gasteiger partial charge >= 0.3 is 11.1 Å². The van der Waals surface area contributed by atoms with Gasteiger partial charge < -0.3 is 5.73 Å². The van der Waals surface area contributed by atoms with E-state index >= 15 is 0 Å². The smallest absolute Gasteiger partial charge is 0.318 e. The molecule has 0 aliphatic heterocycles. The Bertz CT molecular complexity index is 162. The molecular formula is C3H6N2O5S. The summed E-state index contributed by atoms with van der Waals surface area (Å²) >= 11 is 3.65. The Morgan fingerprint density at radius 2 is 2.36 bits per heavy atom. The van der Waals surface area contributed by atoms with Gasteiger partial charge in [0.15, 0.2) is 0 Å². The Morgan fingerprint density at radius 1 is 1.82 bits per heavy atom. The van der Waals surface area contributed by atoms with Gasteiger partial charge in [-0.15, -0.1) is 10.1 Å². The van der Waals surface area contributed by atoms with Crippen LogP contribution in [-0.2, 0) is 14.7 Å². The van der Waals surface area contributed by atoms with Crippen molar-refractivity contribution in [1.29, 1.82) is 0 Å². The van der Waals surface area contributed by atoms with Gasteiger partial charge in [0.1, 0.15) is 6.04 Å². The van der Waals surface area contributed by atoms with Gasteiger partial charge in [0, 0.05) is 5.75 Å². The highest BCUT2D eigenvalue weighted by molar-refractivity contribution is 7.80. The molecule has 0 rings (SSSR count). The van der Waals surface area contributed by atoms with Crippen LogP contribution in [-0.4, -0.2) is 22.9 Å². The van der Waals surface area contributed by atoms with Crippen LogP contribution in [0.3, 0.4) is 0 Å². The summed E-state index contributed by atoms with van der Waals surface area (Å²) in [6, 6.07) is -1.02. The average molecular weight is 182 g/mol. The van der Waals surface area contributed by atoms with Gasteiger partial charge in [-0.3, -0.25) is 4.89 Å². The van der Waals surface area contributed by atoms with Crippen molar-refractivity contribution in [2.24, 2.45) is 5.73 Å². The Kier molecular flexibility index (Phi) is 4.30. The lowest BCUT2D eigenvalue weighted by molar-refractivity contribution is -0.839. The maximum atomic E-state index is 10.5. The van der Waals surface area contributed by atoms with E-state index in [1.54, 1.807) is 0 Å². The molecule has 0 aliphatic carbocycles. The predicted octanol–water partition coefficient (Wildman–Crippen LogP) is -1.09. The van der Waals surface area contributed by atoms with Crippen LogP contribution < -0.4 is 5.73 Å². The minimum absolute atomic E-state index is 0.0277. The largest absolute Gasteiger partial charge is 0.360 e. The molecule has 0 aromatic carbocycles. The molecule has 0 aromatic heterocycles. The molecule has 1 unspecified atom stereocenters. The van der Waals surface area contributed by atoms with Gasteiger partial charge in [-0.25, -0.2) is 4.79 Å². The van der Waals surface area contributed by atoms with E-state index in [0.717, 1.165) is 0 Å². The third kappa shape index (κ3) is 4.39. The maximum Gasteiger partial charge on any atom is 0.360 e. The molecule has 0 fully saturated rings. The van der Waals surface area contributed by atoms with Crippen molar-refractivity contribution in [3.05, 3.63) is 10.1 Å². The fourth-order valence-corrected chi connectivity index (χ4v) is 0.353. The van der Waals surface area contributed by atoms with Gasteiger partial charge in [0.25, 0.3) is 0 Å². The lowest BCUT2D eigenvalue weighted by Crippen LogP contribution is -2.34. The zero-order valence-electron chi connectivity index (χ0n) is 5.30. The van der Waals surface area contributed by atoms with Crippen molar-refractivity contribution in [3.63, 3.8) is 0 Å². The molecule has 0 bridgehead atoms. The fourth-order valence-electron chi connectivity index (χ4n) is 0.203. The first-order valence-electron chi connectivity index (χ1n) is 2.47. The lowest BCUT2D eigenvalue weighted by Gasteiger charge is -2.03. The number of hydrogen-bond donors (Lipinski definition) is 2. The molecule has 0 amide bonds. The highest BCUT2D eigenvalue weighted by Crippen LogP contribution is 1.89. The van der Waals surface area contributed by atoms with Crippen molar-refractivity contribution in [1.82, 2.24) is 0 Å². The molecular weight excluding hydrogens is 176 g/mol. The molecule has 64 valence electrons. The molecule has 0 spiro atoms. The molecule has 7 nitrogen and oxygen atoms in total. The summed E-state index contributed by atoms with van der Waals surface area (Å²) in [5.74, 6) is -1.00. The second kappa shape index (κ2) is 4.74. The second-order valence-corrected chi connectivity index (χ2v) is 1.85. The van der Waals surface area contributed by atoms with E-state index in [-0.39, 0.29) is 5.75 Å². The van der Waals surface area contributed by atoms with Crippen molar-refractivity contribution in [3.8, 4) is 0 Å². The minimum Gasteiger partial charge on any atom is -0.318 e. The molecule has 0 aliphatic rings. The van der Waals surface area contributed by atoms with Crippen LogP contribution in [0.4, 0.5) is 0 Å². The summed E-state index contributed by atoms with van der Waals surface area (Å²) < 4.78 is 0. The third-order valence-electron chi connectivity index (χ3n) is 0.680. The van der Waals surface area contributed by atoms with Gasteiger partial charge in [-0.2, -0.15) is 12.6 Å². The van der Waals surface area contributed by atoms with Gasteiger partial charge in [-0.1, -0.05) is 4.99 Å². The van der Waals surface area contributed by atoms with E-state index in [9.17, 15) is 14.9 Å². The number of carbonyl (C=O) groups is 1. The van der Waals surface area contributed by atoms with Gasteiger partial charge in [0.2, 0.25) is 0 Å². The molecule has 1 atom stereocenters. The first kappa shape index (κ1) is 9.98. The standard InChI is InChI=1S/C3H6N2O5S/c4-2(1-11)3(6)9-10-5(7)8/h2,11H,1,4H2. The van der Waals surface area contributed by atoms with Gasteiger partial charge in [0.05, 0.1) is 0 Å². The number of thiol groups is 1. The van der Waals surface area contributed by atoms with E-state index in [0.29, 0.717) is 0 Å². The van der Waals surface area contributed by atoms with Gasteiger partial charge in [-0.05, 0) is 0 Å². The normalized spacial score (nSPS) is 11.8. The molecule has 8 heteroatoms. The topological polar surface area (TPSA) is 105 Å². The van der Waals surface area contributed by atoms with Crippen LogP contribution in [0.15, 0.2) is 0 Å². The number of rotatable bonds is 4. The van der Waals surface area contributed by atoms with E-state index in [2.05, 4.69) is 22.5 Å². The van der Waals surface area contributed by atoms with Crippen LogP contribution in [0.5, 0.6) is 0 Å². The monoisotopic (exact) mass is 182 g/mol. The SMILES string of the molecule is NC(CS)C(=O)OO[N+](=O)[O-]. The Hall–Kier alpha value is -1.02. The quantitative estimate of drug-likeness (QED) is 0.248. The summed E-state index contributed by atoms with van der Waals surface area (Å²) in [5.41, 5.74) is 5.05. The lowest BCUT2D eigenvalue weighted by atomic mass is 10.4. The summed E-state index contributed by atoms with van der Waals surface area (Å²) in [5, 5.41) is 8.20. The third-order valence-corrected chi connectivity index (χ3v) is 1.07. The fraction of sp³-hybridized carbons (Fsp3) is 0.667. The number of nitrogens with zero attached hydrogens (tertiary/aromatic N) is 1. The first-order chi connectivity index (χ1) is 5.07. The van der Waals surface area contributed by atoms with Crippen molar-refractivity contribution in [2.45, 2.75) is 6.04 Å². The Morgan fingerprint density at radius 3 is 2.73 bits per heavy atom. The molecule has 0 heterocycles. The van der Waals surface area contributed by atoms with E-state index in [1.165, 1.54) is 0 Å². The zero-order valence-corrected chi connectivity index (χ0v) is 6.19. The van der Waals surface area contributed by atoms with Crippen LogP contribution in [0.25, 0.3) is 0 Å². The summed E-state index contributed by atoms with van der Waals surface area (Å²) in [6.07, 6.45) is 0. The maximum absolute atomic E-state index is 10.5. The van der Waals surface area contributed by atoms with E-state index < -0.39 is 17.1 Å². The summed E-state index contributed by atoms with van der Waals surface area (Å²) in [6.45, 7) is 0. The molecule has 0 saturated carbocycles. The van der Waals surface area contributed by atoms with Crippen molar-refractivity contribution >= 4 is 18.6 Å². The molecule has 0 aromatic rings. The summed E-state index contributed by atoms with van der Waals surface area (Å²) in [7, 11) is 0. The highest BCUT2D eigenvalue weighted by Gasteiger charge is 2.15. The van der Waals surface area contributed by atoms with E-state index in [1.807, 2.05) is 0 Å². The minimum atomic E-state index is -1.26. The number of nitrogens with two attached hydrogens (primary N) is 1. The molecule has 0 saturated heterocycles. The second-order valence-electron chi connectivity index (χ2n) is 1.49. The van der Waals surface area contributed by atoms with Crippen molar-refractivity contribution < 1.29 is 19.8 Å². The summed E-state index contributed by atoms with van der Waals surface area (Å²) in [4.78, 5) is 26.8. The number of hydrogen-bond acceptors (Lipinski definition) is 7. The van der Waals surface area contributed by atoms with Crippen LogP contribution >= 0.6 is 12.6 Å². The Balaban J connectivity index is 3.60. The molecule has 0 radical (unpaired) electrons. The Labute approximate surface area is 66.9 Å². The van der Waals surface area contributed by atoms with Crippen LogP contribution in [0, 0.1) is 10.1 Å². The average Bonchev–Trinajstić information content (AvgIpc) is 1.98. The zero-order chi connectivity index (χ0) is 8.85. The van der Waals surface area contributed by atoms with Crippen molar-refractivity contribution in [2.75, 3.05) is 5.75 Å². The van der Waals surface area contributed by atoms with Crippen LogP contribution in [0.1, 0.15) is 0 Å². The molecule has 2 N–H and O–H groups in total.